The molecule has 0 unspecified atom stereocenters. The highest BCUT2D eigenvalue weighted by atomic mass is 35.6. The minimum Gasteiger partial charge on any atom is -0.413 e. The van der Waals surface area contributed by atoms with Crippen LogP contribution in [0.3, 0.4) is 0 Å². The van der Waals surface area contributed by atoms with E-state index in [0.29, 0.717) is 10.4 Å². The van der Waals surface area contributed by atoms with Gasteiger partial charge in [-0.3, -0.25) is 0 Å². The molecule has 9 heteroatoms. The number of halogens is 1. The maximum Gasteiger partial charge on any atom is 0.401 e. The molecular formula is C24H29ClO6Si2. The second-order valence-corrected chi connectivity index (χ2v) is 13.3. The first-order valence-electron chi connectivity index (χ1n) is 9.50. The summed E-state index contributed by atoms with van der Waals surface area (Å²) >= 11 is 6.28. The Kier molecular flexibility index (Phi) is 12.7. The molecule has 4 rings (SSSR count). The predicted octanol–water partition coefficient (Wildman–Crippen LogP) is -0.772. The molecule has 0 bridgehead atoms. The second-order valence-electron chi connectivity index (χ2n) is 6.76. The van der Waals surface area contributed by atoms with E-state index in [2.05, 4.69) is 0 Å². The lowest BCUT2D eigenvalue weighted by atomic mass is 10.4. The maximum absolute atomic E-state index is 10.4. The number of rotatable bonds is 4. The van der Waals surface area contributed by atoms with Gasteiger partial charge in [0, 0.05) is 0 Å². The Morgan fingerprint density at radius 3 is 0.848 bits per heavy atom. The molecule has 0 radical (unpaired) electrons. The Morgan fingerprint density at radius 1 is 0.394 bits per heavy atom. The standard InChI is InChI=1S/C12H11ClOSi.C12H12O2Si.3H2O/c2*13-15(14,11-7-3-1-4-8-11)12-9-5-2-6-10-12;;;/h1-10,14H;1-10,13-14H;3*1H2. The van der Waals surface area contributed by atoms with Crippen LogP contribution in [-0.4, -0.2) is 47.0 Å². The minimum absolute atomic E-state index is 0. The molecule has 4 aromatic carbocycles. The van der Waals surface area contributed by atoms with Crippen LogP contribution in [0.15, 0.2) is 121 Å². The Morgan fingerprint density at radius 2 is 0.606 bits per heavy atom. The Bertz CT molecular complexity index is 868. The van der Waals surface area contributed by atoms with E-state index in [1.807, 2.05) is 97.1 Å². The largest absolute Gasteiger partial charge is 0.413 e. The zero-order valence-corrected chi connectivity index (χ0v) is 20.5. The van der Waals surface area contributed by atoms with Gasteiger partial charge in [-0.25, -0.2) is 0 Å². The van der Waals surface area contributed by atoms with Crippen molar-refractivity contribution >= 4 is 48.0 Å². The van der Waals surface area contributed by atoms with Crippen LogP contribution >= 0.6 is 11.1 Å². The lowest BCUT2D eigenvalue weighted by Crippen LogP contribution is -2.59. The molecule has 33 heavy (non-hydrogen) atoms. The van der Waals surface area contributed by atoms with Crippen LogP contribution in [0.5, 0.6) is 0 Å². The third kappa shape index (κ3) is 7.72. The van der Waals surface area contributed by atoms with Gasteiger partial charge in [-0.1, -0.05) is 121 Å². The molecule has 0 saturated carbocycles. The smallest absolute Gasteiger partial charge is 0.401 e. The fourth-order valence-corrected chi connectivity index (χ4v) is 7.00. The van der Waals surface area contributed by atoms with Crippen molar-refractivity contribution in [2.45, 2.75) is 0 Å². The van der Waals surface area contributed by atoms with E-state index in [1.165, 1.54) is 0 Å². The molecule has 0 atom stereocenters. The highest BCUT2D eigenvalue weighted by molar-refractivity contribution is 7.30. The summed E-state index contributed by atoms with van der Waals surface area (Å²) in [6.45, 7) is 0. The highest BCUT2D eigenvalue weighted by Crippen LogP contribution is 2.06. The minimum atomic E-state index is -3.46. The van der Waals surface area contributed by atoms with E-state index in [-0.39, 0.29) is 16.4 Å². The molecule has 0 aliphatic rings. The van der Waals surface area contributed by atoms with Crippen molar-refractivity contribution in [3.8, 4) is 0 Å². The zero-order chi connectivity index (χ0) is 21.5. The van der Waals surface area contributed by atoms with Gasteiger partial charge in [0.25, 0.3) is 0 Å². The van der Waals surface area contributed by atoms with Crippen LogP contribution in [0, 0.1) is 0 Å². The molecule has 0 spiro atoms. The summed E-state index contributed by atoms with van der Waals surface area (Å²) in [4.78, 5) is 30.7. The van der Waals surface area contributed by atoms with Gasteiger partial charge in [0.2, 0.25) is 0 Å². The van der Waals surface area contributed by atoms with Crippen molar-refractivity contribution in [2.75, 3.05) is 0 Å². The van der Waals surface area contributed by atoms with E-state index in [1.54, 1.807) is 24.3 Å². The molecule has 9 N–H and O–H groups in total. The lowest BCUT2D eigenvalue weighted by molar-refractivity contribution is 0.401. The SMILES string of the molecule is O.O.O.O[Si](Cl)(c1ccccc1)c1ccccc1.O[Si](O)(c1ccccc1)c1ccccc1. The average Bonchev–Trinajstić information content (AvgIpc) is 2.82. The van der Waals surface area contributed by atoms with Gasteiger partial charge in [0.15, 0.2) is 0 Å². The molecule has 176 valence electrons. The van der Waals surface area contributed by atoms with E-state index in [0.717, 1.165) is 10.4 Å². The highest BCUT2D eigenvalue weighted by Gasteiger charge is 2.34. The van der Waals surface area contributed by atoms with Crippen LogP contribution in [0.2, 0.25) is 0 Å². The van der Waals surface area contributed by atoms with Crippen LogP contribution in [0.4, 0.5) is 0 Å². The fourth-order valence-electron chi connectivity index (χ4n) is 2.99. The van der Waals surface area contributed by atoms with Crippen LogP contribution in [-0.2, 0) is 0 Å². The molecule has 0 aliphatic carbocycles. The Balaban J connectivity index is 0.000000569. The van der Waals surface area contributed by atoms with Crippen molar-refractivity contribution in [3.63, 3.8) is 0 Å². The van der Waals surface area contributed by atoms with Gasteiger partial charge in [0.1, 0.15) is 0 Å². The Hall–Kier alpha value is -2.64. The molecule has 0 heterocycles. The molecule has 6 nitrogen and oxygen atoms in total. The van der Waals surface area contributed by atoms with Crippen molar-refractivity contribution in [3.05, 3.63) is 121 Å². The summed E-state index contributed by atoms with van der Waals surface area (Å²) in [5.41, 5.74) is 0. The molecule has 4 aromatic rings. The summed E-state index contributed by atoms with van der Waals surface area (Å²) < 4.78 is 0. The second kappa shape index (κ2) is 13.8. The van der Waals surface area contributed by atoms with Gasteiger partial charge in [-0.2, -0.15) is 0 Å². The molecule has 0 aliphatic heterocycles. The summed E-state index contributed by atoms with van der Waals surface area (Å²) in [6.07, 6.45) is 0. The van der Waals surface area contributed by atoms with E-state index >= 15 is 0 Å². The quantitative estimate of drug-likeness (QED) is 0.247. The molecule has 0 saturated heterocycles. The van der Waals surface area contributed by atoms with Crippen LogP contribution < -0.4 is 20.7 Å². The van der Waals surface area contributed by atoms with Crippen molar-refractivity contribution in [1.29, 1.82) is 0 Å². The van der Waals surface area contributed by atoms with E-state index < -0.39 is 16.2 Å². The topological polar surface area (TPSA) is 155 Å². The lowest BCUT2D eigenvalue weighted by Gasteiger charge is -2.18. The third-order valence-electron chi connectivity index (χ3n) is 4.67. The monoisotopic (exact) mass is 504 g/mol. The number of hydrogen-bond acceptors (Lipinski definition) is 3. The molecule has 0 amide bonds. The van der Waals surface area contributed by atoms with Gasteiger partial charge in [0.05, 0.1) is 0 Å². The van der Waals surface area contributed by atoms with Gasteiger partial charge in [-0.15, -0.1) is 11.1 Å². The normalized spacial score (nSPS) is 10.3. The van der Waals surface area contributed by atoms with Crippen molar-refractivity contribution in [2.24, 2.45) is 0 Å². The molecule has 0 aromatic heterocycles. The van der Waals surface area contributed by atoms with Gasteiger partial charge < -0.3 is 30.8 Å². The molecular weight excluding hydrogens is 476 g/mol. The number of hydrogen-bond donors (Lipinski definition) is 3. The van der Waals surface area contributed by atoms with Crippen molar-refractivity contribution < 1.29 is 30.8 Å². The summed E-state index contributed by atoms with van der Waals surface area (Å²) in [6, 6.07) is 36.8. The average molecular weight is 505 g/mol. The van der Waals surface area contributed by atoms with Crippen LogP contribution in [0.25, 0.3) is 0 Å². The fraction of sp³-hybridized carbons (Fsp3) is 0. The third-order valence-corrected chi connectivity index (χ3v) is 10.4. The first kappa shape index (κ1) is 30.4. The number of benzene rings is 4. The predicted molar refractivity (Wildman–Crippen MR) is 139 cm³/mol. The van der Waals surface area contributed by atoms with Gasteiger partial charge >= 0.3 is 16.2 Å². The first-order valence-corrected chi connectivity index (χ1v) is 14.4. The van der Waals surface area contributed by atoms with Gasteiger partial charge in [-0.05, 0) is 20.7 Å². The Labute approximate surface area is 200 Å². The first-order chi connectivity index (χ1) is 14.4. The zero-order valence-electron chi connectivity index (χ0n) is 17.8. The summed E-state index contributed by atoms with van der Waals surface area (Å²) in [7, 11) is -6.44. The van der Waals surface area contributed by atoms with E-state index in [9.17, 15) is 14.4 Å². The van der Waals surface area contributed by atoms with Crippen molar-refractivity contribution in [1.82, 2.24) is 0 Å². The summed E-state index contributed by atoms with van der Waals surface area (Å²) in [5, 5.41) is 2.85. The van der Waals surface area contributed by atoms with Crippen LogP contribution in [0.1, 0.15) is 0 Å². The molecule has 0 fully saturated rings. The maximum atomic E-state index is 10.4. The van der Waals surface area contributed by atoms with E-state index in [4.69, 9.17) is 11.1 Å². The summed E-state index contributed by atoms with van der Waals surface area (Å²) in [5.74, 6) is 0.